The first-order valence-electron chi connectivity index (χ1n) is 15.5. The molecule has 46 heavy (non-hydrogen) atoms. The number of likely N-dealkylation sites (N-methyl/N-ethyl adjacent to an activating group) is 1. The van der Waals surface area contributed by atoms with Gasteiger partial charge in [0, 0.05) is 48.7 Å². The highest BCUT2D eigenvalue weighted by Crippen LogP contribution is 2.47. The van der Waals surface area contributed by atoms with Crippen molar-refractivity contribution in [1.29, 1.82) is 0 Å². The van der Waals surface area contributed by atoms with Gasteiger partial charge in [-0.05, 0) is 72.2 Å². The minimum atomic E-state index is -4.02. The minimum absolute atomic E-state index is 0.115. The van der Waals surface area contributed by atoms with Crippen molar-refractivity contribution in [3.8, 4) is 17.0 Å². The second-order valence-electron chi connectivity index (χ2n) is 12.7. The van der Waals surface area contributed by atoms with Crippen LogP contribution in [0.2, 0.25) is 0 Å². The number of amides is 2. The maximum absolute atomic E-state index is 14.1. The first-order valence-corrected chi connectivity index (χ1v) is 17.0. The second kappa shape index (κ2) is 12.9. The number of hydrogen-bond acceptors (Lipinski definition) is 6. The third kappa shape index (κ3) is 6.15. The number of fused-ring (bicyclic) bond motifs is 5. The van der Waals surface area contributed by atoms with Crippen molar-refractivity contribution in [3.63, 3.8) is 0 Å². The zero-order chi connectivity index (χ0) is 33.5. The average Bonchev–Trinajstić information content (AvgIpc) is 3.22. The van der Waals surface area contributed by atoms with Gasteiger partial charge >= 0.3 is 16.2 Å². The molecule has 246 valence electrons. The number of carbonyl (C=O) groups excluding carboxylic acids is 2. The Hall–Kier alpha value is -4.16. The van der Waals surface area contributed by atoms with Gasteiger partial charge in [0.1, 0.15) is 11.8 Å². The largest absolute Gasteiger partial charge is 0.497 e. The van der Waals surface area contributed by atoms with E-state index in [-0.39, 0.29) is 23.9 Å². The molecule has 2 N–H and O–H groups in total. The third-order valence-corrected chi connectivity index (χ3v) is 10.6. The Morgan fingerprint density at radius 1 is 1.02 bits per heavy atom. The number of methoxy groups -OCH3 is 1. The summed E-state index contributed by atoms with van der Waals surface area (Å²) in [4.78, 5) is 40.8. The molecule has 2 heterocycles. The summed E-state index contributed by atoms with van der Waals surface area (Å²) in [5, 5.41) is 10.9. The van der Waals surface area contributed by atoms with Gasteiger partial charge in [0.25, 0.3) is 11.8 Å². The molecule has 1 fully saturated rings. The van der Waals surface area contributed by atoms with Gasteiger partial charge in [-0.2, -0.15) is 12.7 Å². The predicted octanol–water partition coefficient (Wildman–Crippen LogP) is 4.87. The van der Waals surface area contributed by atoms with E-state index >= 15 is 0 Å². The Kier molecular flexibility index (Phi) is 9.33. The molecule has 2 amide bonds. The highest BCUT2D eigenvalue weighted by molar-refractivity contribution is 7.87. The highest BCUT2D eigenvalue weighted by Gasteiger charge is 2.34. The normalized spacial score (nSPS) is 16.0. The molecule has 1 aromatic heterocycles. The molecule has 2 aromatic carbocycles. The molecule has 1 aliphatic carbocycles. The molecule has 0 spiro atoms. The molecular formula is C34H42N4O7S. The molecule has 11 nitrogen and oxygen atoms in total. The lowest BCUT2D eigenvalue weighted by Crippen LogP contribution is -2.46. The minimum Gasteiger partial charge on any atom is -0.497 e. The van der Waals surface area contributed by atoms with Crippen LogP contribution in [-0.2, 0) is 26.3 Å². The second-order valence-corrected chi connectivity index (χ2v) is 14.6. The van der Waals surface area contributed by atoms with Crippen LogP contribution in [0.5, 0.6) is 5.75 Å². The number of aromatic nitrogens is 1. The molecule has 12 heteroatoms. The number of rotatable bonds is 9. The first kappa shape index (κ1) is 33.2. The summed E-state index contributed by atoms with van der Waals surface area (Å²) in [5.74, 6) is -1.74. The Labute approximate surface area is 270 Å². The number of carboxylic acids is 1. The van der Waals surface area contributed by atoms with E-state index in [1.54, 1.807) is 39.2 Å². The monoisotopic (exact) mass is 650 g/mol. The first-order chi connectivity index (χ1) is 21.7. The lowest BCUT2D eigenvalue weighted by Gasteiger charge is -2.28. The average molecular weight is 651 g/mol. The molecule has 1 aliphatic heterocycles. The fourth-order valence-electron chi connectivity index (χ4n) is 6.83. The van der Waals surface area contributed by atoms with Crippen LogP contribution in [0.15, 0.2) is 42.0 Å². The topological polar surface area (TPSA) is 138 Å². The van der Waals surface area contributed by atoms with E-state index in [2.05, 4.69) is 4.72 Å². The summed E-state index contributed by atoms with van der Waals surface area (Å²) in [5.41, 5.74) is 4.94. The fourth-order valence-corrected chi connectivity index (χ4v) is 7.37. The van der Waals surface area contributed by atoms with Gasteiger partial charge in [0.15, 0.2) is 0 Å². The number of ether oxygens (including phenoxy) is 1. The van der Waals surface area contributed by atoms with Crippen molar-refractivity contribution in [1.82, 2.24) is 18.5 Å². The van der Waals surface area contributed by atoms with Gasteiger partial charge in [-0.25, -0.2) is 9.52 Å². The van der Waals surface area contributed by atoms with Gasteiger partial charge in [-0.15, -0.1) is 0 Å². The third-order valence-electron chi connectivity index (χ3n) is 9.15. The molecule has 5 rings (SSSR count). The predicted molar refractivity (Wildman–Crippen MR) is 177 cm³/mol. The maximum Gasteiger partial charge on any atom is 0.326 e. The number of hydrogen-bond donors (Lipinski definition) is 2. The quantitative estimate of drug-likeness (QED) is 0.337. The number of carboxylic acid groups (broad SMARTS) is 1. The van der Waals surface area contributed by atoms with Crippen LogP contribution in [0.3, 0.4) is 0 Å². The SMILES string of the molecule is COc1ccc2c(c1)C=C(C(=O)N(C)[C@H](C(=O)O)C(C)C)Cn1c-2c(C2CCCCC2)c2ccc(C(=O)NS(=O)(=O)N(C)C)cc21. The number of nitrogens with one attached hydrogen (secondary N) is 1. The van der Waals surface area contributed by atoms with Crippen molar-refractivity contribution >= 4 is 45.0 Å². The number of nitrogens with zero attached hydrogens (tertiary/aromatic N) is 3. The maximum atomic E-state index is 14.1. The summed E-state index contributed by atoms with van der Waals surface area (Å²) >= 11 is 0. The van der Waals surface area contributed by atoms with E-state index in [1.807, 2.05) is 28.8 Å². The van der Waals surface area contributed by atoms with Crippen LogP contribution in [0, 0.1) is 5.92 Å². The van der Waals surface area contributed by atoms with Gasteiger partial charge in [-0.3, -0.25) is 9.59 Å². The van der Waals surface area contributed by atoms with Crippen LogP contribution in [0.4, 0.5) is 0 Å². The smallest absolute Gasteiger partial charge is 0.326 e. The molecule has 3 aromatic rings. The summed E-state index contributed by atoms with van der Waals surface area (Å²) in [6.07, 6.45) is 7.15. The summed E-state index contributed by atoms with van der Waals surface area (Å²) in [6, 6.07) is 9.89. The molecule has 0 saturated heterocycles. The molecule has 1 saturated carbocycles. The zero-order valence-corrected chi connectivity index (χ0v) is 28.0. The van der Waals surface area contributed by atoms with Gasteiger partial charge < -0.3 is 19.3 Å². The van der Waals surface area contributed by atoms with E-state index in [4.69, 9.17) is 4.74 Å². The van der Waals surface area contributed by atoms with Crippen LogP contribution in [0.25, 0.3) is 28.2 Å². The Morgan fingerprint density at radius 2 is 1.72 bits per heavy atom. The van der Waals surface area contributed by atoms with Crippen molar-refractivity contribution in [2.24, 2.45) is 5.92 Å². The van der Waals surface area contributed by atoms with Crippen molar-refractivity contribution in [2.45, 2.75) is 64.5 Å². The lowest BCUT2D eigenvalue weighted by molar-refractivity contribution is -0.149. The fraction of sp³-hybridized carbons (Fsp3) is 0.441. The van der Waals surface area contributed by atoms with Crippen LogP contribution < -0.4 is 9.46 Å². The summed E-state index contributed by atoms with van der Waals surface area (Å²) < 4.78 is 35.6. The van der Waals surface area contributed by atoms with Crippen molar-refractivity contribution in [3.05, 3.63) is 58.7 Å². The highest BCUT2D eigenvalue weighted by atomic mass is 32.2. The van der Waals surface area contributed by atoms with E-state index in [0.29, 0.717) is 16.8 Å². The molecule has 0 unspecified atom stereocenters. The van der Waals surface area contributed by atoms with Crippen LogP contribution in [-0.4, -0.2) is 79.4 Å². The Bertz CT molecular complexity index is 1840. The Morgan fingerprint density at radius 3 is 2.33 bits per heavy atom. The van der Waals surface area contributed by atoms with Gasteiger partial charge in [0.2, 0.25) is 0 Å². The molecule has 1 atom stereocenters. The van der Waals surface area contributed by atoms with Crippen LogP contribution >= 0.6 is 0 Å². The molecule has 0 radical (unpaired) electrons. The lowest BCUT2D eigenvalue weighted by atomic mass is 9.81. The van der Waals surface area contributed by atoms with Crippen molar-refractivity contribution < 1.29 is 32.6 Å². The Balaban J connectivity index is 1.76. The number of aliphatic carboxylic acids is 1. The molecule has 2 aliphatic rings. The molecular weight excluding hydrogens is 608 g/mol. The summed E-state index contributed by atoms with van der Waals surface area (Å²) in [6.45, 7) is 3.65. The van der Waals surface area contributed by atoms with E-state index in [9.17, 15) is 27.9 Å². The molecule has 0 bridgehead atoms. The van der Waals surface area contributed by atoms with Gasteiger partial charge in [-0.1, -0.05) is 39.2 Å². The summed E-state index contributed by atoms with van der Waals surface area (Å²) in [7, 11) is 1.74. The zero-order valence-electron chi connectivity index (χ0n) is 27.2. The van der Waals surface area contributed by atoms with Crippen molar-refractivity contribution in [2.75, 3.05) is 28.3 Å². The standard InChI is InChI=1S/C34H42N4O7S/c1-20(2)30(34(41)42)37(5)33(40)24-16-23-17-25(45-6)13-15-26(23)31-29(21-10-8-7-9-11-21)27-14-12-22(18-28(27)38(31)19-24)32(39)35-46(43,44)36(3)4/h12-18,20-21,30H,7-11,19H2,1-6H3,(H,35,39)(H,41,42)/t30-/m0/s1. The number of benzene rings is 2. The van der Waals surface area contributed by atoms with E-state index in [0.717, 1.165) is 64.2 Å². The van der Waals surface area contributed by atoms with E-state index < -0.39 is 34.0 Å². The van der Waals surface area contributed by atoms with E-state index in [1.165, 1.54) is 26.0 Å². The van der Waals surface area contributed by atoms with Crippen LogP contribution in [0.1, 0.15) is 73.4 Å². The number of carbonyl (C=O) groups is 3. The van der Waals surface area contributed by atoms with Gasteiger partial charge in [0.05, 0.1) is 19.3 Å².